The molecule has 0 bridgehead atoms. The number of amides is 2. The van der Waals surface area contributed by atoms with Crippen LogP contribution in [0.1, 0.15) is 0 Å². The molecule has 4 nitrogen and oxygen atoms in total. The molecule has 2 aromatic carbocycles. The van der Waals surface area contributed by atoms with E-state index < -0.39 is 6.03 Å². The molecule has 2 aromatic rings. The zero-order valence-electron chi connectivity index (χ0n) is 10.3. The highest BCUT2D eigenvalue weighted by Gasteiger charge is 2.15. The second kappa shape index (κ2) is 6.91. The Morgan fingerprint density at radius 1 is 1.19 bits per heavy atom. The number of phenols is 1. The Labute approximate surface area is 148 Å². The van der Waals surface area contributed by atoms with Crippen molar-refractivity contribution in [2.24, 2.45) is 0 Å². The van der Waals surface area contributed by atoms with Gasteiger partial charge in [-0.1, -0.05) is 24.4 Å². The molecule has 0 aromatic heterocycles. The first-order valence-electron chi connectivity index (χ1n) is 5.62. The summed E-state index contributed by atoms with van der Waals surface area (Å²) in [5, 5.41) is 12.9. The van der Waals surface area contributed by atoms with Crippen LogP contribution in [0.5, 0.6) is 5.75 Å². The molecule has 2 N–H and O–H groups in total. The first-order chi connectivity index (χ1) is 9.88. The highest BCUT2D eigenvalue weighted by Crippen LogP contribution is 2.37. The van der Waals surface area contributed by atoms with Crippen molar-refractivity contribution < 1.29 is 9.90 Å². The van der Waals surface area contributed by atoms with E-state index in [1.807, 2.05) is 0 Å². The van der Waals surface area contributed by atoms with Crippen molar-refractivity contribution in [1.82, 2.24) is 0 Å². The number of rotatable bonds is 2. The van der Waals surface area contributed by atoms with Gasteiger partial charge in [0.05, 0.1) is 14.6 Å². The van der Waals surface area contributed by atoms with Crippen LogP contribution in [-0.2, 0) is 0 Å². The Morgan fingerprint density at radius 2 is 1.71 bits per heavy atom. The summed E-state index contributed by atoms with van der Waals surface area (Å²) in [4.78, 5) is 12.1. The first-order valence-corrected chi connectivity index (χ1v) is 7.98. The molecule has 0 radical (unpaired) electrons. The van der Waals surface area contributed by atoms with Crippen LogP contribution in [0.25, 0.3) is 0 Å². The molecule has 0 spiro atoms. The minimum Gasteiger partial charge on any atom is -0.506 e. The maximum absolute atomic E-state index is 12.1. The lowest BCUT2D eigenvalue weighted by Gasteiger charge is -2.17. The molecule has 21 heavy (non-hydrogen) atoms. The Bertz CT molecular complexity index is 659. The van der Waals surface area contributed by atoms with Crippen LogP contribution in [0.15, 0.2) is 45.3 Å². The summed E-state index contributed by atoms with van der Waals surface area (Å²) in [6, 6.07) is 9.43. The van der Waals surface area contributed by atoms with Crippen LogP contribution in [-0.4, -0.2) is 11.1 Å². The van der Waals surface area contributed by atoms with Gasteiger partial charge >= 0.3 is 6.03 Å². The number of hydrogen-bond donors (Lipinski definition) is 3. The second-order valence-corrected chi connectivity index (χ2v) is 6.55. The number of thiol groups is 1. The van der Waals surface area contributed by atoms with Crippen LogP contribution in [0.2, 0.25) is 5.02 Å². The summed E-state index contributed by atoms with van der Waals surface area (Å²) in [6.07, 6.45) is 0. The molecule has 0 atom stereocenters. The average Bonchev–Trinajstić information content (AvgIpc) is 2.45. The second-order valence-electron chi connectivity index (χ2n) is 4.01. The van der Waals surface area contributed by atoms with Gasteiger partial charge in [-0.25, -0.2) is 9.10 Å². The van der Waals surface area contributed by atoms with Crippen molar-refractivity contribution in [3.8, 4) is 5.75 Å². The van der Waals surface area contributed by atoms with Crippen LogP contribution in [0.4, 0.5) is 16.2 Å². The van der Waals surface area contributed by atoms with Gasteiger partial charge < -0.3 is 10.4 Å². The number of hydrogen-bond acceptors (Lipinski definition) is 3. The lowest BCUT2D eigenvalue weighted by Crippen LogP contribution is -2.26. The van der Waals surface area contributed by atoms with Crippen molar-refractivity contribution in [1.29, 1.82) is 0 Å². The van der Waals surface area contributed by atoms with Gasteiger partial charge in [0.1, 0.15) is 5.75 Å². The minimum absolute atomic E-state index is 0.0543. The molecule has 0 heterocycles. The zero-order valence-corrected chi connectivity index (χ0v) is 15.2. The van der Waals surface area contributed by atoms with Gasteiger partial charge in [0.15, 0.2) is 0 Å². The maximum atomic E-state index is 12.1. The summed E-state index contributed by atoms with van der Waals surface area (Å²) in [7, 11) is 0. The fraction of sp³-hybridized carbons (Fsp3) is 0. The number of carbonyl (C=O) groups is 1. The highest BCUT2D eigenvalue weighted by molar-refractivity contribution is 9.11. The van der Waals surface area contributed by atoms with E-state index in [2.05, 4.69) is 50.0 Å². The largest absolute Gasteiger partial charge is 0.506 e. The fourth-order valence-electron chi connectivity index (χ4n) is 1.50. The van der Waals surface area contributed by atoms with Crippen LogP contribution >= 0.6 is 56.3 Å². The van der Waals surface area contributed by atoms with Crippen molar-refractivity contribution in [2.75, 3.05) is 9.62 Å². The number of anilines is 2. The van der Waals surface area contributed by atoms with Crippen molar-refractivity contribution in [3.05, 3.63) is 50.4 Å². The third-order valence-corrected chi connectivity index (χ3v) is 4.41. The predicted octanol–water partition coefficient (Wildman–Crippen LogP) is 5.45. The van der Waals surface area contributed by atoms with E-state index in [0.29, 0.717) is 25.3 Å². The number of nitrogens with one attached hydrogen (secondary N) is 1. The first kappa shape index (κ1) is 16.5. The van der Waals surface area contributed by atoms with Crippen molar-refractivity contribution in [3.63, 3.8) is 0 Å². The topological polar surface area (TPSA) is 52.6 Å². The molecule has 0 aliphatic rings. The van der Waals surface area contributed by atoms with E-state index in [0.717, 1.165) is 4.31 Å². The number of benzene rings is 2. The third-order valence-electron chi connectivity index (χ3n) is 2.53. The third kappa shape index (κ3) is 4.06. The SMILES string of the molecule is O=C(Nc1ccc(Cl)cc1)N(S)c1cc(Br)c(O)c(Br)c1. The highest BCUT2D eigenvalue weighted by atomic mass is 79.9. The Balaban J connectivity index is 2.17. The summed E-state index contributed by atoms with van der Waals surface area (Å²) >= 11 is 16.4. The molecule has 0 aliphatic carbocycles. The van der Waals surface area contributed by atoms with Gasteiger partial charge in [-0.2, -0.15) is 0 Å². The monoisotopic (exact) mass is 450 g/mol. The van der Waals surface area contributed by atoms with Crippen molar-refractivity contribution >= 4 is 73.7 Å². The molecule has 2 rings (SSSR count). The molecular weight excluding hydrogens is 443 g/mol. The Morgan fingerprint density at radius 3 is 2.24 bits per heavy atom. The molecule has 110 valence electrons. The molecule has 0 unspecified atom stereocenters. The Hall–Kier alpha value is -0.890. The zero-order chi connectivity index (χ0) is 15.6. The normalized spacial score (nSPS) is 10.3. The van der Waals surface area contributed by atoms with E-state index in [1.54, 1.807) is 36.4 Å². The van der Waals surface area contributed by atoms with Gasteiger partial charge in [-0.15, -0.1) is 0 Å². The fourth-order valence-corrected chi connectivity index (χ4v) is 2.96. The van der Waals surface area contributed by atoms with Gasteiger partial charge in [-0.05, 0) is 68.3 Å². The summed E-state index contributed by atoms with van der Waals surface area (Å²) < 4.78 is 2.03. The van der Waals surface area contributed by atoms with Gasteiger partial charge in [0, 0.05) is 10.7 Å². The van der Waals surface area contributed by atoms with E-state index in [4.69, 9.17) is 11.6 Å². The number of aromatic hydroxyl groups is 1. The molecular formula is C13H9Br2ClN2O2S. The standard InChI is InChI=1S/C13H9Br2ClN2O2S/c14-10-5-9(6-11(15)12(10)19)18(21)13(20)17-8-3-1-7(16)2-4-8/h1-6,19,21H,(H,17,20). The van der Waals surface area contributed by atoms with E-state index in [9.17, 15) is 9.90 Å². The molecule has 8 heteroatoms. The minimum atomic E-state index is -0.440. The number of halogens is 3. The molecule has 2 amide bonds. The quantitative estimate of drug-likeness (QED) is 0.531. The Kier molecular flexibility index (Phi) is 5.43. The van der Waals surface area contributed by atoms with Crippen LogP contribution < -0.4 is 9.62 Å². The average molecular weight is 453 g/mol. The maximum Gasteiger partial charge on any atom is 0.336 e. The predicted molar refractivity (Wildman–Crippen MR) is 95.4 cm³/mol. The number of nitrogens with zero attached hydrogens (tertiary/aromatic N) is 1. The van der Waals surface area contributed by atoms with E-state index >= 15 is 0 Å². The summed E-state index contributed by atoms with van der Waals surface area (Å²) in [5.41, 5.74) is 1.08. The van der Waals surface area contributed by atoms with Crippen LogP contribution in [0, 0.1) is 0 Å². The van der Waals surface area contributed by atoms with Crippen LogP contribution in [0.3, 0.4) is 0 Å². The van der Waals surface area contributed by atoms with Gasteiger partial charge in [0.25, 0.3) is 0 Å². The van der Waals surface area contributed by atoms with Gasteiger partial charge in [-0.3, -0.25) is 0 Å². The number of carbonyl (C=O) groups excluding carboxylic acids is 1. The van der Waals surface area contributed by atoms with Gasteiger partial charge in [0.2, 0.25) is 0 Å². The smallest absolute Gasteiger partial charge is 0.336 e. The lowest BCUT2D eigenvalue weighted by atomic mass is 10.3. The molecule has 0 saturated heterocycles. The molecule has 0 aliphatic heterocycles. The molecule has 0 fully saturated rings. The lowest BCUT2D eigenvalue weighted by molar-refractivity contribution is 0.260. The van der Waals surface area contributed by atoms with Crippen molar-refractivity contribution in [2.45, 2.75) is 0 Å². The molecule has 0 saturated carbocycles. The number of phenolic OH excluding ortho intramolecular Hbond substituents is 1. The van der Waals surface area contributed by atoms with E-state index in [-0.39, 0.29) is 5.75 Å². The summed E-state index contributed by atoms with van der Waals surface area (Å²) in [6.45, 7) is 0. The van der Waals surface area contributed by atoms with E-state index in [1.165, 1.54) is 0 Å². The summed E-state index contributed by atoms with van der Waals surface area (Å²) in [5.74, 6) is 0.0543. The number of urea groups is 1.